The average Bonchev–Trinajstić information content (AvgIpc) is 2.59. The van der Waals surface area contributed by atoms with Gasteiger partial charge in [-0.1, -0.05) is 149 Å². The van der Waals surface area contributed by atoms with Crippen LogP contribution in [0, 0.1) is 5.92 Å². The zero-order valence-electron chi connectivity index (χ0n) is 17.7. The summed E-state index contributed by atoms with van der Waals surface area (Å²) in [6.07, 6.45) is 29.3. The molecule has 0 aliphatic heterocycles. The van der Waals surface area contributed by atoms with Crippen LogP contribution >= 0.6 is 0 Å². The summed E-state index contributed by atoms with van der Waals surface area (Å²) in [6.45, 7) is 6.95. The Kier molecular flexibility index (Phi) is 21.0. The predicted molar refractivity (Wildman–Crippen MR) is 113 cm³/mol. The van der Waals surface area contributed by atoms with Crippen LogP contribution < -0.4 is 0 Å². The van der Waals surface area contributed by atoms with Crippen molar-refractivity contribution < 1.29 is 0 Å². The van der Waals surface area contributed by atoms with E-state index in [1.807, 2.05) is 0 Å². The topological polar surface area (TPSA) is 0 Å². The fourth-order valence-corrected chi connectivity index (χ4v) is 3.90. The van der Waals surface area contributed by atoms with Crippen molar-refractivity contribution in [1.82, 2.24) is 0 Å². The first-order valence-corrected chi connectivity index (χ1v) is 11.8. The van der Waals surface area contributed by atoms with E-state index in [1.165, 1.54) is 128 Å². The van der Waals surface area contributed by atoms with E-state index in [1.54, 1.807) is 0 Å². The van der Waals surface area contributed by atoms with Crippen LogP contribution in [0.25, 0.3) is 0 Å². The Hall–Kier alpha value is 0. The minimum absolute atomic E-state index is 1.05. The Morgan fingerprint density at radius 3 is 0.875 bits per heavy atom. The maximum atomic E-state index is 2.32. The molecule has 0 radical (unpaired) electrons. The molecule has 0 aliphatic carbocycles. The van der Waals surface area contributed by atoms with Gasteiger partial charge in [0.05, 0.1) is 0 Å². The van der Waals surface area contributed by atoms with E-state index in [2.05, 4.69) is 20.8 Å². The van der Waals surface area contributed by atoms with Gasteiger partial charge < -0.3 is 0 Å². The lowest BCUT2D eigenvalue weighted by atomic mass is 9.89. The Labute approximate surface area is 155 Å². The SMILES string of the molecule is CCCCCCCCCC(CCCCCCC)CCCCCCC. The fraction of sp³-hybridized carbons (Fsp3) is 1.00. The van der Waals surface area contributed by atoms with E-state index in [0.717, 1.165) is 5.92 Å². The molecule has 0 nitrogen and oxygen atoms in total. The third-order valence-corrected chi connectivity index (χ3v) is 5.65. The summed E-state index contributed by atoms with van der Waals surface area (Å²) < 4.78 is 0. The van der Waals surface area contributed by atoms with Crippen molar-refractivity contribution in [2.75, 3.05) is 0 Å². The maximum Gasteiger partial charge on any atom is -0.0414 e. The highest BCUT2D eigenvalue weighted by molar-refractivity contribution is 4.62. The monoisotopic (exact) mass is 338 g/mol. The van der Waals surface area contributed by atoms with Crippen molar-refractivity contribution in [2.45, 2.75) is 149 Å². The van der Waals surface area contributed by atoms with Gasteiger partial charge in [0, 0.05) is 0 Å². The van der Waals surface area contributed by atoms with Crippen LogP contribution in [0.4, 0.5) is 0 Å². The molecule has 0 unspecified atom stereocenters. The van der Waals surface area contributed by atoms with Crippen LogP contribution in [0.2, 0.25) is 0 Å². The van der Waals surface area contributed by atoms with Gasteiger partial charge in [0.2, 0.25) is 0 Å². The summed E-state index contributed by atoms with van der Waals surface area (Å²) >= 11 is 0. The molecule has 0 amide bonds. The van der Waals surface area contributed by atoms with Gasteiger partial charge in [0.15, 0.2) is 0 Å². The largest absolute Gasteiger partial charge is 0.0654 e. The molecule has 0 bridgehead atoms. The van der Waals surface area contributed by atoms with Crippen molar-refractivity contribution in [3.63, 3.8) is 0 Å². The number of hydrogen-bond acceptors (Lipinski definition) is 0. The summed E-state index contributed by atoms with van der Waals surface area (Å²) in [6, 6.07) is 0. The van der Waals surface area contributed by atoms with Gasteiger partial charge in [-0.2, -0.15) is 0 Å². The van der Waals surface area contributed by atoms with Gasteiger partial charge in [-0.15, -0.1) is 0 Å². The van der Waals surface area contributed by atoms with Crippen LogP contribution in [-0.4, -0.2) is 0 Å². The molecule has 0 spiro atoms. The number of hydrogen-bond donors (Lipinski definition) is 0. The first-order valence-electron chi connectivity index (χ1n) is 11.8. The van der Waals surface area contributed by atoms with E-state index in [9.17, 15) is 0 Å². The first-order chi connectivity index (χ1) is 11.8. The third kappa shape index (κ3) is 18.3. The van der Waals surface area contributed by atoms with Crippen LogP contribution in [0.3, 0.4) is 0 Å². The zero-order chi connectivity index (χ0) is 17.7. The van der Waals surface area contributed by atoms with Gasteiger partial charge in [-0.05, 0) is 5.92 Å². The molecular weight excluding hydrogens is 288 g/mol. The molecule has 0 atom stereocenters. The first kappa shape index (κ1) is 24.0. The van der Waals surface area contributed by atoms with Crippen LogP contribution in [0.15, 0.2) is 0 Å². The minimum atomic E-state index is 1.05. The molecule has 146 valence electrons. The predicted octanol–water partition coefficient (Wildman–Crippen LogP) is 9.46. The lowest BCUT2D eigenvalue weighted by molar-refractivity contribution is 0.366. The number of unbranched alkanes of at least 4 members (excludes halogenated alkanes) is 14. The lowest BCUT2D eigenvalue weighted by Crippen LogP contribution is -2.01. The van der Waals surface area contributed by atoms with Crippen LogP contribution in [-0.2, 0) is 0 Å². The van der Waals surface area contributed by atoms with E-state index in [0.29, 0.717) is 0 Å². The average molecular weight is 339 g/mol. The highest BCUT2D eigenvalue weighted by atomic mass is 14.1. The molecular formula is C24H50. The van der Waals surface area contributed by atoms with Crippen molar-refractivity contribution in [3.8, 4) is 0 Å². The second-order valence-corrected chi connectivity index (χ2v) is 8.18. The number of rotatable bonds is 20. The van der Waals surface area contributed by atoms with E-state index >= 15 is 0 Å². The van der Waals surface area contributed by atoms with E-state index < -0.39 is 0 Å². The van der Waals surface area contributed by atoms with Crippen molar-refractivity contribution in [3.05, 3.63) is 0 Å². The summed E-state index contributed by atoms with van der Waals surface area (Å²) in [5, 5.41) is 0. The molecule has 0 saturated heterocycles. The van der Waals surface area contributed by atoms with Gasteiger partial charge in [0.25, 0.3) is 0 Å². The standard InChI is InChI=1S/C24H50/c1-4-7-10-13-14-17-20-23-24(21-18-15-11-8-5-2)22-19-16-12-9-6-3/h24H,4-23H2,1-3H3. The highest BCUT2D eigenvalue weighted by Gasteiger charge is 2.08. The molecule has 0 heterocycles. The van der Waals surface area contributed by atoms with Crippen molar-refractivity contribution >= 4 is 0 Å². The van der Waals surface area contributed by atoms with Gasteiger partial charge in [-0.3, -0.25) is 0 Å². The summed E-state index contributed by atoms with van der Waals surface area (Å²) in [4.78, 5) is 0. The molecule has 0 aromatic heterocycles. The van der Waals surface area contributed by atoms with Crippen LogP contribution in [0.5, 0.6) is 0 Å². The van der Waals surface area contributed by atoms with E-state index in [-0.39, 0.29) is 0 Å². The molecule has 0 N–H and O–H groups in total. The molecule has 0 heteroatoms. The molecule has 0 aromatic carbocycles. The van der Waals surface area contributed by atoms with E-state index in [4.69, 9.17) is 0 Å². The maximum absolute atomic E-state index is 2.32. The smallest absolute Gasteiger partial charge is 0.0414 e. The Bertz CT molecular complexity index is 194. The minimum Gasteiger partial charge on any atom is -0.0654 e. The summed E-state index contributed by atoms with van der Waals surface area (Å²) in [5.41, 5.74) is 0. The van der Waals surface area contributed by atoms with Crippen molar-refractivity contribution in [1.29, 1.82) is 0 Å². The van der Waals surface area contributed by atoms with Gasteiger partial charge >= 0.3 is 0 Å². The van der Waals surface area contributed by atoms with Crippen molar-refractivity contribution in [2.24, 2.45) is 5.92 Å². The lowest BCUT2D eigenvalue weighted by Gasteiger charge is -2.17. The zero-order valence-corrected chi connectivity index (χ0v) is 17.7. The third-order valence-electron chi connectivity index (χ3n) is 5.65. The molecule has 0 fully saturated rings. The summed E-state index contributed by atoms with van der Waals surface area (Å²) in [7, 11) is 0. The van der Waals surface area contributed by atoms with Gasteiger partial charge in [-0.25, -0.2) is 0 Å². The second-order valence-electron chi connectivity index (χ2n) is 8.18. The van der Waals surface area contributed by atoms with Gasteiger partial charge in [0.1, 0.15) is 0 Å². The fourth-order valence-electron chi connectivity index (χ4n) is 3.90. The second kappa shape index (κ2) is 21.0. The Morgan fingerprint density at radius 2 is 0.583 bits per heavy atom. The molecule has 0 saturated carbocycles. The summed E-state index contributed by atoms with van der Waals surface area (Å²) in [5.74, 6) is 1.05. The normalized spacial score (nSPS) is 11.5. The van der Waals surface area contributed by atoms with Crippen LogP contribution in [0.1, 0.15) is 149 Å². The molecule has 0 aromatic rings. The highest BCUT2D eigenvalue weighted by Crippen LogP contribution is 2.24. The molecule has 0 aliphatic rings. The Morgan fingerprint density at radius 1 is 0.333 bits per heavy atom. The molecule has 0 rings (SSSR count). The molecule has 24 heavy (non-hydrogen) atoms. The Balaban J connectivity index is 3.72. The quantitative estimate of drug-likeness (QED) is 0.194.